The van der Waals surface area contributed by atoms with Crippen molar-refractivity contribution in [1.82, 2.24) is 0 Å². The second-order valence-corrected chi connectivity index (χ2v) is 17.6. The molecule has 0 saturated carbocycles. The predicted molar refractivity (Wildman–Crippen MR) is 253 cm³/mol. The Bertz CT molecular complexity index is 3420. The van der Waals surface area contributed by atoms with Crippen molar-refractivity contribution in [3.05, 3.63) is 222 Å². The molecule has 0 spiro atoms. The van der Waals surface area contributed by atoms with E-state index in [0.29, 0.717) is 5.92 Å². The largest absolute Gasteiger partial charge is 0.456 e. The van der Waals surface area contributed by atoms with Crippen LogP contribution in [0.15, 0.2) is 199 Å². The van der Waals surface area contributed by atoms with Gasteiger partial charge in [0.05, 0.1) is 5.69 Å². The van der Waals surface area contributed by atoms with Crippen LogP contribution in [-0.4, -0.2) is 0 Å². The summed E-state index contributed by atoms with van der Waals surface area (Å²) in [5, 5.41) is 2.29. The van der Waals surface area contributed by atoms with E-state index in [1.165, 1.54) is 78.0 Å². The molecule has 1 atom stereocenters. The number of hydrogen-bond acceptors (Lipinski definition) is 2. The van der Waals surface area contributed by atoms with E-state index in [9.17, 15) is 0 Å². The lowest BCUT2D eigenvalue weighted by Crippen LogP contribution is -2.16. The highest BCUT2D eigenvalue weighted by molar-refractivity contribution is 6.06. The van der Waals surface area contributed by atoms with Crippen LogP contribution in [0.5, 0.6) is 0 Å². The van der Waals surface area contributed by atoms with Gasteiger partial charge in [0.1, 0.15) is 11.2 Å². The second kappa shape index (κ2) is 12.8. The smallest absolute Gasteiger partial charge is 0.136 e. The Morgan fingerprint density at radius 1 is 0.459 bits per heavy atom. The number of anilines is 3. The topological polar surface area (TPSA) is 16.4 Å². The van der Waals surface area contributed by atoms with Gasteiger partial charge in [-0.3, -0.25) is 0 Å². The standard InChI is InChI=1S/C59H41NO/c1-59(2)52-17-9-7-15-46(52)50-33-38(24-31-53(50)59)36-19-25-41(26-20-36)60(42-27-21-37(22-28-42)39-23-29-48-47-16-8-10-18-55(47)61-56(48)35-39)54-32-30-49-44-13-5-6-14-45(44)51-34-40-11-3-4-12-43(40)58(54)57(49)51/h3-33,35,51H,34H2,1-2H3. The Morgan fingerprint density at radius 3 is 1.87 bits per heavy atom. The number of fused-ring (bicyclic) bond motifs is 11. The minimum absolute atomic E-state index is 0.0142. The summed E-state index contributed by atoms with van der Waals surface area (Å²) in [7, 11) is 0. The first kappa shape index (κ1) is 34.4. The summed E-state index contributed by atoms with van der Waals surface area (Å²) >= 11 is 0. The maximum atomic E-state index is 6.30. The van der Waals surface area contributed by atoms with Gasteiger partial charge in [-0.1, -0.05) is 153 Å². The molecule has 288 valence electrons. The van der Waals surface area contributed by atoms with Crippen molar-refractivity contribution in [3.63, 3.8) is 0 Å². The van der Waals surface area contributed by atoms with Gasteiger partial charge >= 0.3 is 0 Å². The van der Waals surface area contributed by atoms with Crippen LogP contribution in [0.4, 0.5) is 17.1 Å². The molecule has 0 fully saturated rings. The van der Waals surface area contributed by atoms with Gasteiger partial charge in [0.25, 0.3) is 0 Å². The number of hydrogen-bond donors (Lipinski definition) is 0. The summed E-state index contributed by atoms with van der Waals surface area (Å²) in [6.45, 7) is 4.69. The van der Waals surface area contributed by atoms with Crippen molar-refractivity contribution >= 4 is 39.0 Å². The molecule has 2 nitrogen and oxygen atoms in total. The molecule has 0 bridgehead atoms. The summed E-state index contributed by atoms with van der Waals surface area (Å²) in [4.78, 5) is 2.48. The molecule has 0 aliphatic heterocycles. The van der Waals surface area contributed by atoms with Gasteiger partial charge in [-0.05, 0) is 139 Å². The highest BCUT2D eigenvalue weighted by Gasteiger charge is 2.38. The number of para-hydroxylation sites is 1. The van der Waals surface area contributed by atoms with Crippen molar-refractivity contribution in [1.29, 1.82) is 0 Å². The Balaban J connectivity index is 0.957. The van der Waals surface area contributed by atoms with Crippen LogP contribution < -0.4 is 4.90 Å². The first-order chi connectivity index (χ1) is 30.0. The molecule has 0 saturated heterocycles. The maximum absolute atomic E-state index is 6.30. The second-order valence-electron chi connectivity index (χ2n) is 17.6. The zero-order valence-corrected chi connectivity index (χ0v) is 34.1. The van der Waals surface area contributed by atoms with Gasteiger partial charge < -0.3 is 9.32 Å². The molecular weight excluding hydrogens is 739 g/mol. The fourth-order valence-corrected chi connectivity index (χ4v) is 11.1. The molecule has 0 amide bonds. The molecule has 1 unspecified atom stereocenters. The summed E-state index contributed by atoms with van der Waals surface area (Å²) < 4.78 is 6.30. The zero-order valence-electron chi connectivity index (χ0n) is 34.1. The average Bonchev–Trinajstić information content (AvgIpc) is 3.92. The molecule has 13 rings (SSSR count). The van der Waals surface area contributed by atoms with E-state index < -0.39 is 0 Å². The van der Waals surface area contributed by atoms with Gasteiger partial charge in [0.15, 0.2) is 0 Å². The van der Waals surface area contributed by atoms with Crippen LogP contribution in [0.25, 0.3) is 77.6 Å². The van der Waals surface area contributed by atoms with E-state index in [4.69, 9.17) is 4.42 Å². The van der Waals surface area contributed by atoms with Crippen LogP contribution in [0.2, 0.25) is 0 Å². The Morgan fingerprint density at radius 2 is 1.07 bits per heavy atom. The lowest BCUT2D eigenvalue weighted by molar-refractivity contribution is 0.660. The van der Waals surface area contributed by atoms with Crippen molar-refractivity contribution < 1.29 is 4.42 Å². The Labute approximate surface area is 356 Å². The Kier molecular flexibility index (Phi) is 7.22. The maximum Gasteiger partial charge on any atom is 0.136 e. The molecule has 1 aromatic heterocycles. The van der Waals surface area contributed by atoms with Crippen molar-refractivity contribution in [2.24, 2.45) is 0 Å². The van der Waals surface area contributed by atoms with Gasteiger partial charge in [0, 0.05) is 39.0 Å². The number of rotatable bonds is 5. The first-order valence-electron chi connectivity index (χ1n) is 21.5. The number of benzene rings is 9. The fraction of sp³-hybridized carbons (Fsp3) is 0.0847. The van der Waals surface area contributed by atoms with Crippen LogP contribution in [0.1, 0.15) is 47.6 Å². The van der Waals surface area contributed by atoms with Crippen LogP contribution >= 0.6 is 0 Å². The molecule has 10 aromatic rings. The normalized spacial score (nSPS) is 15.0. The quantitative estimate of drug-likeness (QED) is 0.173. The van der Waals surface area contributed by atoms with Crippen molar-refractivity contribution in [3.8, 4) is 55.6 Å². The van der Waals surface area contributed by atoms with E-state index in [1.807, 2.05) is 12.1 Å². The highest BCUT2D eigenvalue weighted by Crippen LogP contribution is 2.58. The van der Waals surface area contributed by atoms with E-state index in [2.05, 4.69) is 201 Å². The third-order valence-electron chi connectivity index (χ3n) is 14.0. The molecule has 3 aliphatic rings. The average molecular weight is 780 g/mol. The van der Waals surface area contributed by atoms with Crippen LogP contribution in [-0.2, 0) is 11.8 Å². The fourth-order valence-electron chi connectivity index (χ4n) is 11.1. The lowest BCUT2D eigenvalue weighted by Gasteiger charge is -2.33. The third kappa shape index (κ3) is 5.03. The molecular formula is C59H41NO. The van der Waals surface area contributed by atoms with Gasteiger partial charge in [-0.2, -0.15) is 0 Å². The van der Waals surface area contributed by atoms with Crippen LogP contribution in [0.3, 0.4) is 0 Å². The predicted octanol–water partition coefficient (Wildman–Crippen LogP) is 16.0. The number of furan rings is 1. The summed E-state index contributed by atoms with van der Waals surface area (Å²) in [6, 6.07) is 72.0. The summed E-state index contributed by atoms with van der Waals surface area (Å²) in [5.74, 6) is 0.325. The first-order valence-corrected chi connectivity index (χ1v) is 21.5. The molecule has 0 N–H and O–H groups in total. The Hall–Kier alpha value is -7.42. The zero-order chi connectivity index (χ0) is 40.4. The van der Waals surface area contributed by atoms with Crippen molar-refractivity contribution in [2.45, 2.75) is 31.6 Å². The van der Waals surface area contributed by atoms with E-state index in [0.717, 1.165) is 50.9 Å². The van der Waals surface area contributed by atoms with E-state index in [-0.39, 0.29) is 5.41 Å². The van der Waals surface area contributed by atoms with Crippen molar-refractivity contribution in [2.75, 3.05) is 4.90 Å². The summed E-state index contributed by atoms with van der Waals surface area (Å²) in [6.07, 6.45) is 1.01. The lowest BCUT2D eigenvalue weighted by atomic mass is 9.77. The minimum Gasteiger partial charge on any atom is -0.456 e. The van der Waals surface area contributed by atoms with Gasteiger partial charge in [0.2, 0.25) is 0 Å². The molecule has 9 aromatic carbocycles. The molecule has 0 radical (unpaired) electrons. The molecule has 3 aliphatic carbocycles. The third-order valence-corrected chi connectivity index (χ3v) is 14.0. The molecule has 61 heavy (non-hydrogen) atoms. The SMILES string of the molecule is CC1(C)c2ccccc2-c2cc(-c3ccc(N(c4ccc(-c5ccc6c(c5)oc5ccccc56)cc4)c4ccc5c6c4-c4ccccc4CC6c4ccccc4-5)cc3)ccc21. The molecule has 2 heteroatoms. The monoisotopic (exact) mass is 779 g/mol. The van der Waals surface area contributed by atoms with E-state index in [1.54, 1.807) is 0 Å². The summed E-state index contributed by atoms with van der Waals surface area (Å²) in [5.41, 5.74) is 25.2. The van der Waals surface area contributed by atoms with E-state index >= 15 is 0 Å². The highest BCUT2D eigenvalue weighted by atomic mass is 16.3. The number of nitrogens with zero attached hydrogens (tertiary/aromatic N) is 1. The van der Waals surface area contributed by atoms with Gasteiger partial charge in [-0.15, -0.1) is 0 Å². The van der Waals surface area contributed by atoms with Gasteiger partial charge in [-0.25, -0.2) is 0 Å². The molecule has 1 heterocycles. The van der Waals surface area contributed by atoms with Crippen LogP contribution in [0, 0.1) is 0 Å². The minimum atomic E-state index is -0.0142.